The highest BCUT2D eigenvalue weighted by Gasteiger charge is 2.20. The molecule has 92 valence electrons. The quantitative estimate of drug-likeness (QED) is 0.900. The maximum absolute atomic E-state index is 10.7. The lowest BCUT2D eigenvalue weighted by Crippen LogP contribution is -1.92. The van der Waals surface area contributed by atoms with Crippen LogP contribution in [0.25, 0.3) is 11.3 Å². The van der Waals surface area contributed by atoms with Crippen LogP contribution in [0.15, 0.2) is 22.7 Å². The Morgan fingerprint density at radius 2 is 2.00 bits per heavy atom. The number of aromatic carboxylic acids is 1. The lowest BCUT2D eigenvalue weighted by atomic mass is 10.1. The molecule has 1 aliphatic heterocycles. The third kappa shape index (κ3) is 1.67. The fraction of sp³-hybridized carbons (Fsp3) is 0.0909. The zero-order valence-electron chi connectivity index (χ0n) is 8.84. The SMILES string of the molecule is O=C(O)c1cc(-c2cc3c(cc2Cl)OCO3)no1. The number of nitrogens with zero attached hydrogens (tertiary/aromatic N) is 1. The molecule has 3 rings (SSSR count). The van der Waals surface area contributed by atoms with Crippen LogP contribution in [-0.4, -0.2) is 23.0 Å². The molecule has 0 aliphatic carbocycles. The Balaban J connectivity index is 2.08. The Morgan fingerprint density at radius 1 is 1.28 bits per heavy atom. The van der Waals surface area contributed by atoms with Gasteiger partial charge in [0.25, 0.3) is 0 Å². The fourth-order valence-corrected chi connectivity index (χ4v) is 1.87. The molecule has 0 bridgehead atoms. The zero-order valence-corrected chi connectivity index (χ0v) is 9.60. The summed E-state index contributed by atoms with van der Waals surface area (Å²) in [6.45, 7) is 0.133. The molecule has 0 fully saturated rings. The Morgan fingerprint density at radius 3 is 2.67 bits per heavy atom. The van der Waals surface area contributed by atoms with Crippen LogP contribution in [0.1, 0.15) is 10.6 Å². The summed E-state index contributed by atoms with van der Waals surface area (Å²) in [7, 11) is 0. The van der Waals surface area contributed by atoms with Gasteiger partial charge in [0, 0.05) is 17.7 Å². The lowest BCUT2D eigenvalue weighted by Gasteiger charge is -2.02. The summed E-state index contributed by atoms with van der Waals surface area (Å²) in [5, 5.41) is 12.8. The average molecular weight is 268 g/mol. The highest BCUT2D eigenvalue weighted by atomic mass is 35.5. The molecule has 18 heavy (non-hydrogen) atoms. The monoisotopic (exact) mass is 267 g/mol. The number of carboxylic acids is 1. The van der Waals surface area contributed by atoms with Gasteiger partial charge in [-0.15, -0.1) is 0 Å². The zero-order chi connectivity index (χ0) is 12.7. The molecule has 7 heteroatoms. The minimum atomic E-state index is -1.19. The Hall–Kier alpha value is -2.21. The smallest absolute Gasteiger partial charge is 0.374 e. The highest BCUT2D eigenvalue weighted by Crippen LogP contribution is 2.40. The van der Waals surface area contributed by atoms with E-state index < -0.39 is 5.97 Å². The molecular formula is C11H6ClNO5. The summed E-state index contributed by atoms with van der Waals surface area (Å²) >= 11 is 6.07. The number of rotatable bonds is 2. The Labute approximate surface area is 106 Å². The van der Waals surface area contributed by atoms with Crippen LogP contribution >= 0.6 is 11.6 Å². The molecule has 0 spiro atoms. The maximum Gasteiger partial charge on any atom is 0.374 e. The van der Waals surface area contributed by atoms with Gasteiger partial charge in [0.05, 0.1) is 5.02 Å². The van der Waals surface area contributed by atoms with Crippen molar-refractivity contribution in [2.45, 2.75) is 0 Å². The van der Waals surface area contributed by atoms with Crippen molar-refractivity contribution < 1.29 is 23.9 Å². The molecule has 0 atom stereocenters. The van der Waals surface area contributed by atoms with E-state index in [9.17, 15) is 4.79 Å². The van der Waals surface area contributed by atoms with Gasteiger partial charge >= 0.3 is 5.97 Å². The summed E-state index contributed by atoms with van der Waals surface area (Å²) in [6, 6.07) is 4.52. The molecule has 1 N–H and O–H groups in total. The minimum absolute atomic E-state index is 0.133. The molecule has 6 nitrogen and oxygen atoms in total. The van der Waals surface area contributed by atoms with E-state index in [1.807, 2.05) is 0 Å². The summed E-state index contributed by atoms with van der Waals surface area (Å²) in [5.74, 6) is -0.357. The second-order valence-electron chi connectivity index (χ2n) is 3.57. The van der Waals surface area contributed by atoms with Crippen molar-refractivity contribution in [1.29, 1.82) is 0 Å². The third-order valence-electron chi connectivity index (χ3n) is 2.46. The van der Waals surface area contributed by atoms with E-state index >= 15 is 0 Å². The number of hydrogen-bond donors (Lipinski definition) is 1. The first-order valence-corrected chi connectivity index (χ1v) is 5.32. The van der Waals surface area contributed by atoms with E-state index in [-0.39, 0.29) is 12.6 Å². The highest BCUT2D eigenvalue weighted by molar-refractivity contribution is 6.33. The first kappa shape index (κ1) is 10.9. The van der Waals surface area contributed by atoms with Crippen LogP contribution in [-0.2, 0) is 0 Å². The summed E-state index contributed by atoms with van der Waals surface area (Å²) in [5.41, 5.74) is 0.855. The number of halogens is 1. The van der Waals surface area contributed by atoms with Gasteiger partial charge in [-0.25, -0.2) is 4.79 Å². The van der Waals surface area contributed by atoms with Gasteiger partial charge in [-0.3, -0.25) is 0 Å². The average Bonchev–Trinajstić information content (AvgIpc) is 2.94. The van der Waals surface area contributed by atoms with E-state index in [4.69, 9.17) is 26.2 Å². The van der Waals surface area contributed by atoms with E-state index in [2.05, 4.69) is 9.68 Å². The fourth-order valence-electron chi connectivity index (χ4n) is 1.62. The lowest BCUT2D eigenvalue weighted by molar-refractivity contribution is 0.0652. The first-order valence-electron chi connectivity index (χ1n) is 4.94. The van der Waals surface area contributed by atoms with Crippen molar-refractivity contribution in [3.63, 3.8) is 0 Å². The standard InChI is InChI=1S/C11H6ClNO5/c12-6-2-9-8(16-4-17-9)1-5(6)7-3-10(11(14)15)18-13-7/h1-3H,4H2,(H,14,15). The molecular weight excluding hydrogens is 262 g/mol. The third-order valence-corrected chi connectivity index (χ3v) is 2.77. The predicted octanol–water partition coefficient (Wildman–Crippen LogP) is 2.42. The van der Waals surface area contributed by atoms with Crippen molar-refractivity contribution in [3.8, 4) is 22.8 Å². The molecule has 2 heterocycles. The van der Waals surface area contributed by atoms with Gasteiger partial charge in [0.2, 0.25) is 12.6 Å². The van der Waals surface area contributed by atoms with Crippen LogP contribution in [0.5, 0.6) is 11.5 Å². The summed E-state index contributed by atoms with van der Waals surface area (Å²) in [4.78, 5) is 10.7. The molecule has 0 radical (unpaired) electrons. The second-order valence-corrected chi connectivity index (χ2v) is 3.97. The van der Waals surface area contributed by atoms with Gasteiger partial charge in [-0.1, -0.05) is 16.8 Å². The molecule has 0 saturated heterocycles. The molecule has 0 amide bonds. The van der Waals surface area contributed by atoms with Crippen LogP contribution in [0.4, 0.5) is 0 Å². The maximum atomic E-state index is 10.7. The van der Waals surface area contributed by atoms with Gasteiger partial charge in [0.15, 0.2) is 11.5 Å². The number of ether oxygens (including phenoxy) is 2. The van der Waals surface area contributed by atoms with Crippen LogP contribution in [0.2, 0.25) is 5.02 Å². The van der Waals surface area contributed by atoms with Crippen LogP contribution < -0.4 is 9.47 Å². The number of carboxylic acid groups (broad SMARTS) is 1. The normalized spacial score (nSPS) is 12.7. The van der Waals surface area contributed by atoms with E-state index in [0.29, 0.717) is 27.8 Å². The number of fused-ring (bicyclic) bond motifs is 1. The van der Waals surface area contributed by atoms with E-state index in [1.54, 1.807) is 12.1 Å². The Kier molecular flexibility index (Phi) is 2.38. The van der Waals surface area contributed by atoms with Crippen molar-refractivity contribution in [3.05, 3.63) is 29.0 Å². The predicted molar refractivity (Wildman–Crippen MR) is 60.0 cm³/mol. The van der Waals surface area contributed by atoms with Gasteiger partial charge in [0.1, 0.15) is 5.69 Å². The number of aromatic nitrogens is 1. The Bertz CT molecular complexity index is 636. The van der Waals surface area contributed by atoms with Gasteiger partial charge in [-0.2, -0.15) is 0 Å². The van der Waals surface area contributed by atoms with Crippen LogP contribution in [0, 0.1) is 0 Å². The van der Waals surface area contributed by atoms with E-state index in [0.717, 1.165) is 0 Å². The topological polar surface area (TPSA) is 81.8 Å². The number of hydrogen-bond acceptors (Lipinski definition) is 5. The summed E-state index contributed by atoms with van der Waals surface area (Å²) in [6.07, 6.45) is 0. The minimum Gasteiger partial charge on any atom is -0.475 e. The largest absolute Gasteiger partial charge is 0.475 e. The van der Waals surface area contributed by atoms with Crippen molar-refractivity contribution >= 4 is 17.6 Å². The first-order chi connectivity index (χ1) is 8.65. The van der Waals surface area contributed by atoms with Crippen molar-refractivity contribution in [2.24, 2.45) is 0 Å². The van der Waals surface area contributed by atoms with Crippen molar-refractivity contribution in [2.75, 3.05) is 6.79 Å². The molecule has 2 aromatic rings. The van der Waals surface area contributed by atoms with Gasteiger partial charge < -0.3 is 19.1 Å². The van der Waals surface area contributed by atoms with Crippen LogP contribution in [0.3, 0.4) is 0 Å². The second kappa shape index (κ2) is 3.92. The van der Waals surface area contributed by atoms with Gasteiger partial charge in [-0.05, 0) is 6.07 Å². The molecule has 1 aliphatic rings. The molecule has 1 aromatic heterocycles. The van der Waals surface area contributed by atoms with E-state index in [1.165, 1.54) is 6.07 Å². The number of carbonyl (C=O) groups is 1. The summed E-state index contributed by atoms with van der Waals surface area (Å²) < 4.78 is 15.1. The molecule has 1 aromatic carbocycles. The molecule has 0 unspecified atom stereocenters. The number of benzene rings is 1. The van der Waals surface area contributed by atoms with Crippen molar-refractivity contribution in [1.82, 2.24) is 5.16 Å². The molecule has 0 saturated carbocycles.